The van der Waals surface area contributed by atoms with Crippen LogP contribution >= 0.6 is 0 Å². The topological polar surface area (TPSA) is 38.9 Å². The van der Waals surface area contributed by atoms with Gasteiger partial charge in [-0.25, -0.2) is 8.78 Å². The molecule has 0 bridgehead atoms. The van der Waals surface area contributed by atoms with Crippen molar-refractivity contribution in [1.82, 2.24) is 4.98 Å². The Labute approximate surface area is 93.6 Å². The smallest absolute Gasteiger partial charge is 0.321 e. The maximum Gasteiger partial charge on any atom is 0.418 e. The largest absolute Gasteiger partial charge is 0.418 e. The zero-order valence-corrected chi connectivity index (χ0v) is 8.56. The molecule has 0 amide bonds. The molecular weight excluding hydrogens is 243 g/mol. The lowest BCUT2D eigenvalue weighted by Crippen LogP contribution is -2.56. The van der Waals surface area contributed by atoms with Gasteiger partial charge in [0.1, 0.15) is 0 Å². The molecule has 7 heteroatoms. The molecule has 1 aliphatic rings. The summed E-state index contributed by atoms with van der Waals surface area (Å²) >= 11 is 0. The van der Waals surface area contributed by atoms with Crippen molar-refractivity contribution < 1.29 is 22.0 Å². The lowest BCUT2D eigenvalue weighted by Gasteiger charge is -2.45. The van der Waals surface area contributed by atoms with E-state index in [2.05, 4.69) is 4.98 Å². The number of aromatic nitrogens is 1. The fraction of sp³-hybridized carbons (Fsp3) is 0.500. The lowest BCUT2D eigenvalue weighted by atomic mass is 9.69. The fourth-order valence-corrected chi connectivity index (χ4v) is 2.12. The predicted molar refractivity (Wildman–Crippen MR) is 49.3 cm³/mol. The maximum absolute atomic E-state index is 12.8. The van der Waals surface area contributed by atoms with Gasteiger partial charge in [-0.1, -0.05) is 0 Å². The van der Waals surface area contributed by atoms with Crippen LogP contribution in [0.25, 0.3) is 0 Å². The van der Waals surface area contributed by atoms with Crippen molar-refractivity contribution in [1.29, 1.82) is 0 Å². The van der Waals surface area contributed by atoms with E-state index >= 15 is 0 Å². The normalized spacial score (nSPS) is 22.0. The van der Waals surface area contributed by atoms with E-state index in [0.29, 0.717) is 6.20 Å². The summed E-state index contributed by atoms with van der Waals surface area (Å²) in [5.41, 5.74) is 2.62. The Kier molecular flexibility index (Phi) is 2.43. The highest BCUT2D eigenvalue weighted by Gasteiger charge is 2.57. The minimum absolute atomic E-state index is 0.314. The zero-order chi connectivity index (χ0) is 12.9. The number of hydrogen-bond donors (Lipinski definition) is 1. The average Bonchev–Trinajstić information content (AvgIpc) is 2.13. The molecular formula is C10H9F5N2. The molecule has 1 saturated carbocycles. The first-order valence-corrected chi connectivity index (χ1v) is 4.82. The SMILES string of the molecule is NC1(c2ccncc2C(F)(F)F)CC(F)(F)C1. The maximum atomic E-state index is 12.8. The molecule has 2 nitrogen and oxygen atoms in total. The van der Waals surface area contributed by atoms with Gasteiger partial charge in [0.25, 0.3) is 5.92 Å². The van der Waals surface area contributed by atoms with E-state index in [4.69, 9.17) is 5.73 Å². The average molecular weight is 252 g/mol. The molecule has 17 heavy (non-hydrogen) atoms. The standard InChI is InChI=1S/C10H9F5N2/c11-9(12)4-8(16,5-9)6-1-2-17-3-7(6)10(13,14)15/h1-3H,4-5,16H2. The zero-order valence-electron chi connectivity index (χ0n) is 8.56. The summed E-state index contributed by atoms with van der Waals surface area (Å²) in [5.74, 6) is -2.99. The number of halogens is 5. The fourth-order valence-electron chi connectivity index (χ4n) is 2.12. The van der Waals surface area contributed by atoms with Crippen molar-refractivity contribution in [2.75, 3.05) is 0 Å². The van der Waals surface area contributed by atoms with Crippen LogP contribution in [0.4, 0.5) is 22.0 Å². The van der Waals surface area contributed by atoms with E-state index in [1.165, 1.54) is 0 Å². The molecule has 0 radical (unpaired) electrons. The Balaban J connectivity index is 2.41. The Morgan fingerprint density at radius 2 is 1.82 bits per heavy atom. The molecule has 0 spiro atoms. The third-order valence-corrected chi connectivity index (χ3v) is 2.81. The van der Waals surface area contributed by atoms with E-state index in [1.807, 2.05) is 0 Å². The van der Waals surface area contributed by atoms with Crippen LogP contribution in [0.3, 0.4) is 0 Å². The minimum atomic E-state index is -4.64. The molecule has 94 valence electrons. The summed E-state index contributed by atoms with van der Waals surface area (Å²) in [5, 5.41) is 0. The van der Waals surface area contributed by atoms with E-state index in [1.54, 1.807) is 0 Å². The molecule has 2 N–H and O–H groups in total. The van der Waals surface area contributed by atoms with Gasteiger partial charge in [-0.2, -0.15) is 13.2 Å². The van der Waals surface area contributed by atoms with Crippen molar-refractivity contribution in [2.45, 2.75) is 30.5 Å². The van der Waals surface area contributed by atoms with Crippen LogP contribution in [0, 0.1) is 0 Å². The molecule has 2 rings (SSSR count). The van der Waals surface area contributed by atoms with Gasteiger partial charge < -0.3 is 5.73 Å². The monoisotopic (exact) mass is 252 g/mol. The van der Waals surface area contributed by atoms with Crippen LogP contribution in [0.5, 0.6) is 0 Å². The van der Waals surface area contributed by atoms with Gasteiger partial charge in [0.15, 0.2) is 0 Å². The number of rotatable bonds is 1. The lowest BCUT2D eigenvalue weighted by molar-refractivity contribution is -0.147. The Hall–Kier alpha value is -1.24. The van der Waals surface area contributed by atoms with Gasteiger partial charge in [-0.05, 0) is 11.6 Å². The minimum Gasteiger partial charge on any atom is -0.321 e. The molecule has 1 aromatic heterocycles. The van der Waals surface area contributed by atoms with Crippen LogP contribution < -0.4 is 5.73 Å². The number of hydrogen-bond acceptors (Lipinski definition) is 2. The van der Waals surface area contributed by atoms with E-state index in [-0.39, 0.29) is 5.56 Å². The van der Waals surface area contributed by atoms with Crippen LogP contribution in [0.1, 0.15) is 24.0 Å². The van der Waals surface area contributed by atoms with Gasteiger partial charge in [-0.15, -0.1) is 0 Å². The van der Waals surface area contributed by atoms with E-state index in [9.17, 15) is 22.0 Å². The van der Waals surface area contributed by atoms with E-state index in [0.717, 1.165) is 12.3 Å². The second-order valence-corrected chi connectivity index (χ2v) is 4.28. The summed E-state index contributed by atoms with van der Waals surface area (Å²) in [6, 6.07) is 1.05. The number of alkyl halides is 5. The molecule has 1 aromatic rings. The van der Waals surface area contributed by atoms with E-state index < -0.39 is 36.0 Å². The molecule has 0 aliphatic heterocycles. The first-order valence-electron chi connectivity index (χ1n) is 4.82. The Morgan fingerprint density at radius 3 is 2.29 bits per heavy atom. The van der Waals surface area contributed by atoms with Crippen molar-refractivity contribution in [2.24, 2.45) is 5.73 Å². The van der Waals surface area contributed by atoms with Gasteiger partial charge in [0, 0.05) is 25.2 Å². The molecule has 0 aromatic carbocycles. The van der Waals surface area contributed by atoms with Crippen molar-refractivity contribution >= 4 is 0 Å². The van der Waals surface area contributed by atoms with Gasteiger partial charge in [-0.3, -0.25) is 4.98 Å². The summed E-state index contributed by atoms with van der Waals surface area (Å²) in [7, 11) is 0. The number of nitrogens with zero attached hydrogens (tertiary/aromatic N) is 1. The highest BCUT2D eigenvalue weighted by atomic mass is 19.4. The third-order valence-electron chi connectivity index (χ3n) is 2.81. The summed E-state index contributed by atoms with van der Waals surface area (Å²) in [6.07, 6.45) is -4.45. The first kappa shape index (κ1) is 12.2. The summed E-state index contributed by atoms with van der Waals surface area (Å²) in [4.78, 5) is 3.36. The first-order chi connectivity index (χ1) is 7.64. The summed E-state index contributed by atoms with van der Waals surface area (Å²) < 4.78 is 63.5. The van der Waals surface area contributed by atoms with Crippen LogP contribution in [-0.4, -0.2) is 10.9 Å². The number of pyridine rings is 1. The van der Waals surface area contributed by atoms with Crippen molar-refractivity contribution in [3.8, 4) is 0 Å². The Bertz CT molecular complexity index is 433. The third kappa shape index (κ3) is 2.11. The van der Waals surface area contributed by atoms with Crippen LogP contribution in [-0.2, 0) is 11.7 Å². The van der Waals surface area contributed by atoms with Gasteiger partial charge >= 0.3 is 6.18 Å². The second-order valence-electron chi connectivity index (χ2n) is 4.28. The molecule has 1 heterocycles. The highest BCUT2D eigenvalue weighted by Crippen LogP contribution is 2.52. The molecule has 1 aliphatic carbocycles. The van der Waals surface area contributed by atoms with Crippen LogP contribution in [0.15, 0.2) is 18.5 Å². The highest BCUT2D eigenvalue weighted by molar-refractivity contribution is 5.36. The van der Waals surface area contributed by atoms with Gasteiger partial charge in [0.05, 0.1) is 11.1 Å². The predicted octanol–water partition coefficient (Wildman–Crippen LogP) is 2.68. The quantitative estimate of drug-likeness (QED) is 0.780. The molecule has 1 fully saturated rings. The number of nitrogens with two attached hydrogens (primary N) is 1. The van der Waals surface area contributed by atoms with Gasteiger partial charge in [0.2, 0.25) is 0 Å². The molecule has 0 saturated heterocycles. The molecule has 0 unspecified atom stereocenters. The van der Waals surface area contributed by atoms with Crippen molar-refractivity contribution in [3.05, 3.63) is 29.6 Å². The molecule has 0 atom stereocenters. The Morgan fingerprint density at radius 1 is 1.24 bits per heavy atom. The van der Waals surface area contributed by atoms with Crippen molar-refractivity contribution in [3.63, 3.8) is 0 Å². The summed E-state index contributed by atoms with van der Waals surface area (Å²) in [6.45, 7) is 0. The second kappa shape index (κ2) is 3.38. The van der Waals surface area contributed by atoms with Crippen LogP contribution in [0.2, 0.25) is 0 Å².